The lowest BCUT2D eigenvalue weighted by atomic mass is 9.99. The van der Waals surface area contributed by atoms with E-state index in [1.54, 1.807) is 0 Å². The zero-order valence-electron chi connectivity index (χ0n) is 12.3. The van der Waals surface area contributed by atoms with Crippen molar-refractivity contribution in [1.29, 1.82) is 0 Å². The highest BCUT2D eigenvalue weighted by Gasteiger charge is 2.25. The van der Waals surface area contributed by atoms with Crippen molar-refractivity contribution in [2.75, 3.05) is 19.6 Å². The highest BCUT2D eigenvalue weighted by Crippen LogP contribution is 2.17. The fourth-order valence-corrected chi connectivity index (χ4v) is 2.37. The topological polar surface area (TPSA) is 58.4 Å². The number of nitrogens with two attached hydrogens (primary N) is 1. The predicted octanol–water partition coefficient (Wildman–Crippen LogP) is 1.21. The van der Waals surface area contributed by atoms with E-state index in [0.717, 1.165) is 26.1 Å². The Hall–Kier alpha value is -0.610. The summed E-state index contributed by atoms with van der Waals surface area (Å²) in [5.41, 5.74) is 5.91. The van der Waals surface area contributed by atoms with Crippen molar-refractivity contribution in [2.24, 2.45) is 17.6 Å². The molecule has 0 saturated carbocycles. The Kier molecular flexibility index (Phi) is 6.09. The van der Waals surface area contributed by atoms with E-state index in [4.69, 9.17) is 5.73 Å². The predicted molar refractivity (Wildman–Crippen MR) is 75.3 cm³/mol. The Morgan fingerprint density at radius 1 is 1.44 bits per heavy atom. The molecule has 18 heavy (non-hydrogen) atoms. The molecule has 1 saturated heterocycles. The number of carbonyl (C=O) groups excluding carboxylic acids is 1. The number of amides is 1. The molecule has 0 aliphatic carbocycles. The maximum atomic E-state index is 11.9. The van der Waals surface area contributed by atoms with Gasteiger partial charge < -0.3 is 16.0 Å². The third-order valence-corrected chi connectivity index (χ3v) is 4.17. The number of nitrogens with one attached hydrogen (secondary N) is 1. The summed E-state index contributed by atoms with van der Waals surface area (Å²) in [5.74, 6) is 0.841. The largest absolute Gasteiger partial charge is 0.354 e. The Balaban J connectivity index is 2.27. The number of hydrogen-bond acceptors (Lipinski definition) is 3. The zero-order chi connectivity index (χ0) is 13.7. The standard InChI is InChI=1S/C14H29N3O/c1-5-11(4)13(15)14(18)16-8-12-6-7-17(9-12)10(2)3/h10-13H,5-9,15H2,1-4H3,(H,16,18)/t11?,12?,13-/m0/s1. The summed E-state index contributed by atoms with van der Waals surface area (Å²) in [6.45, 7) is 11.5. The van der Waals surface area contributed by atoms with Crippen molar-refractivity contribution in [3.05, 3.63) is 0 Å². The van der Waals surface area contributed by atoms with Crippen molar-refractivity contribution in [2.45, 2.75) is 52.6 Å². The number of nitrogens with zero attached hydrogens (tertiary/aromatic N) is 1. The van der Waals surface area contributed by atoms with Crippen LogP contribution in [0.4, 0.5) is 0 Å². The molecule has 4 heteroatoms. The van der Waals surface area contributed by atoms with Crippen molar-refractivity contribution in [3.63, 3.8) is 0 Å². The number of hydrogen-bond donors (Lipinski definition) is 2. The van der Waals surface area contributed by atoms with Crippen LogP contribution >= 0.6 is 0 Å². The summed E-state index contributed by atoms with van der Waals surface area (Å²) in [6.07, 6.45) is 2.12. The average Bonchev–Trinajstić information content (AvgIpc) is 2.82. The van der Waals surface area contributed by atoms with Crippen LogP contribution in [0.1, 0.15) is 40.5 Å². The van der Waals surface area contributed by atoms with Gasteiger partial charge in [-0.2, -0.15) is 0 Å². The van der Waals surface area contributed by atoms with Crippen molar-refractivity contribution in [1.82, 2.24) is 10.2 Å². The molecular weight excluding hydrogens is 226 g/mol. The van der Waals surface area contributed by atoms with Gasteiger partial charge in [0.25, 0.3) is 0 Å². The third kappa shape index (κ3) is 4.25. The van der Waals surface area contributed by atoms with E-state index in [9.17, 15) is 4.79 Å². The van der Waals surface area contributed by atoms with Gasteiger partial charge in [-0.3, -0.25) is 4.79 Å². The fourth-order valence-electron chi connectivity index (χ4n) is 2.37. The second-order valence-corrected chi connectivity index (χ2v) is 5.90. The maximum absolute atomic E-state index is 11.9. The summed E-state index contributed by atoms with van der Waals surface area (Å²) in [7, 11) is 0. The molecule has 0 radical (unpaired) electrons. The maximum Gasteiger partial charge on any atom is 0.237 e. The first-order valence-corrected chi connectivity index (χ1v) is 7.23. The smallest absolute Gasteiger partial charge is 0.237 e. The second kappa shape index (κ2) is 7.10. The highest BCUT2D eigenvalue weighted by atomic mass is 16.2. The third-order valence-electron chi connectivity index (χ3n) is 4.17. The summed E-state index contributed by atoms with van der Waals surface area (Å²) in [4.78, 5) is 14.3. The van der Waals surface area contributed by atoms with Crippen LogP contribution in [-0.4, -0.2) is 42.5 Å². The molecule has 1 heterocycles. The molecule has 106 valence electrons. The summed E-state index contributed by atoms with van der Waals surface area (Å²) in [6, 6.07) is 0.241. The Bertz CT molecular complexity index is 268. The van der Waals surface area contributed by atoms with Crippen molar-refractivity contribution < 1.29 is 4.79 Å². The lowest BCUT2D eigenvalue weighted by molar-refractivity contribution is -0.123. The van der Waals surface area contributed by atoms with Crippen molar-refractivity contribution >= 4 is 5.91 Å². The van der Waals surface area contributed by atoms with Gasteiger partial charge in [-0.05, 0) is 38.6 Å². The van der Waals surface area contributed by atoms with E-state index >= 15 is 0 Å². The van der Waals surface area contributed by atoms with Gasteiger partial charge in [0.05, 0.1) is 6.04 Å². The highest BCUT2D eigenvalue weighted by molar-refractivity contribution is 5.81. The molecule has 0 aromatic carbocycles. The van der Waals surface area contributed by atoms with E-state index in [-0.39, 0.29) is 17.9 Å². The Morgan fingerprint density at radius 3 is 2.61 bits per heavy atom. The van der Waals surface area contributed by atoms with E-state index in [2.05, 4.69) is 31.0 Å². The van der Waals surface area contributed by atoms with Crippen LogP contribution in [0.15, 0.2) is 0 Å². The summed E-state index contributed by atoms with van der Waals surface area (Å²) >= 11 is 0. The molecule has 1 aliphatic rings. The van der Waals surface area contributed by atoms with Gasteiger partial charge in [-0.15, -0.1) is 0 Å². The number of rotatable bonds is 6. The lowest BCUT2D eigenvalue weighted by Crippen LogP contribution is -2.46. The van der Waals surface area contributed by atoms with Crippen LogP contribution in [0, 0.1) is 11.8 Å². The van der Waals surface area contributed by atoms with Gasteiger partial charge in [0, 0.05) is 19.1 Å². The minimum absolute atomic E-state index is 0.00680. The van der Waals surface area contributed by atoms with E-state index < -0.39 is 0 Å². The van der Waals surface area contributed by atoms with Crippen LogP contribution in [0.5, 0.6) is 0 Å². The molecule has 1 aliphatic heterocycles. The molecule has 3 N–H and O–H groups in total. The molecule has 1 fully saturated rings. The molecule has 1 amide bonds. The molecule has 0 aromatic rings. The van der Waals surface area contributed by atoms with Gasteiger partial charge in [0.1, 0.15) is 0 Å². The molecule has 0 spiro atoms. The van der Waals surface area contributed by atoms with E-state index in [1.165, 1.54) is 6.42 Å². The molecular formula is C14H29N3O. The Morgan fingerprint density at radius 2 is 2.11 bits per heavy atom. The summed E-state index contributed by atoms with van der Waals surface area (Å²) in [5, 5.41) is 3.01. The first-order chi connectivity index (χ1) is 8.45. The van der Waals surface area contributed by atoms with Crippen molar-refractivity contribution in [3.8, 4) is 0 Å². The molecule has 3 atom stereocenters. The average molecular weight is 255 g/mol. The van der Waals surface area contributed by atoms with Gasteiger partial charge >= 0.3 is 0 Å². The molecule has 0 aromatic heterocycles. The molecule has 4 nitrogen and oxygen atoms in total. The lowest BCUT2D eigenvalue weighted by Gasteiger charge is -2.21. The van der Waals surface area contributed by atoms with Crippen LogP contribution in [-0.2, 0) is 4.79 Å². The second-order valence-electron chi connectivity index (χ2n) is 5.90. The SMILES string of the molecule is CCC(C)[C@H](N)C(=O)NCC1CCN(C(C)C)C1. The van der Waals surface area contributed by atoms with Crippen LogP contribution in [0.25, 0.3) is 0 Å². The zero-order valence-corrected chi connectivity index (χ0v) is 12.3. The fraction of sp³-hybridized carbons (Fsp3) is 0.929. The molecule has 2 unspecified atom stereocenters. The van der Waals surface area contributed by atoms with Gasteiger partial charge in [-0.25, -0.2) is 0 Å². The Labute approximate surface area is 111 Å². The normalized spacial score (nSPS) is 24.2. The van der Waals surface area contributed by atoms with E-state index in [0.29, 0.717) is 12.0 Å². The van der Waals surface area contributed by atoms with Gasteiger partial charge in [0.15, 0.2) is 0 Å². The van der Waals surface area contributed by atoms with Gasteiger partial charge in [-0.1, -0.05) is 20.3 Å². The monoisotopic (exact) mass is 255 g/mol. The first kappa shape index (κ1) is 15.4. The van der Waals surface area contributed by atoms with Gasteiger partial charge in [0.2, 0.25) is 5.91 Å². The minimum atomic E-state index is -0.363. The summed E-state index contributed by atoms with van der Waals surface area (Å²) < 4.78 is 0. The van der Waals surface area contributed by atoms with Crippen LogP contribution in [0.3, 0.4) is 0 Å². The first-order valence-electron chi connectivity index (χ1n) is 7.23. The quantitative estimate of drug-likeness (QED) is 0.750. The molecule has 0 bridgehead atoms. The number of carbonyl (C=O) groups is 1. The van der Waals surface area contributed by atoms with Crippen LogP contribution < -0.4 is 11.1 Å². The van der Waals surface area contributed by atoms with E-state index in [1.807, 2.05) is 6.92 Å². The minimum Gasteiger partial charge on any atom is -0.354 e. The van der Waals surface area contributed by atoms with Crippen LogP contribution in [0.2, 0.25) is 0 Å². The molecule has 1 rings (SSSR count). The number of likely N-dealkylation sites (tertiary alicyclic amines) is 1.